The minimum Gasteiger partial charge on any atom is -0.383 e. The van der Waals surface area contributed by atoms with Crippen LogP contribution in [0, 0.1) is 0 Å². The SMILES string of the molecule is COCC(C)NC(N)=NCc1ccn(C)n1. The Hall–Kier alpha value is -1.56. The smallest absolute Gasteiger partial charge is 0.189 e. The highest BCUT2D eigenvalue weighted by atomic mass is 16.5. The number of methoxy groups -OCH3 is 1. The third-order valence-corrected chi connectivity index (χ3v) is 1.99. The Morgan fingerprint density at radius 3 is 3.06 bits per heavy atom. The van der Waals surface area contributed by atoms with Crippen LogP contribution < -0.4 is 11.1 Å². The number of aryl methyl sites for hydroxylation is 1. The summed E-state index contributed by atoms with van der Waals surface area (Å²) in [5.74, 6) is 0.412. The lowest BCUT2D eigenvalue weighted by molar-refractivity contribution is 0.179. The average molecular weight is 225 g/mol. The highest BCUT2D eigenvalue weighted by Crippen LogP contribution is 1.95. The lowest BCUT2D eigenvalue weighted by Gasteiger charge is -2.12. The van der Waals surface area contributed by atoms with Gasteiger partial charge in [-0.3, -0.25) is 4.68 Å². The molecule has 3 N–H and O–H groups in total. The molecule has 0 saturated carbocycles. The van der Waals surface area contributed by atoms with Gasteiger partial charge in [-0.15, -0.1) is 0 Å². The second-order valence-electron chi connectivity index (χ2n) is 3.68. The highest BCUT2D eigenvalue weighted by Gasteiger charge is 2.01. The van der Waals surface area contributed by atoms with Gasteiger partial charge in [0.15, 0.2) is 5.96 Å². The van der Waals surface area contributed by atoms with E-state index in [1.54, 1.807) is 11.8 Å². The highest BCUT2D eigenvalue weighted by molar-refractivity contribution is 5.78. The van der Waals surface area contributed by atoms with E-state index in [0.717, 1.165) is 5.69 Å². The fourth-order valence-corrected chi connectivity index (χ4v) is 1.30. The molecular weight excluding hydrogens is 206 g/mol. The zero-order chi connectivity index (χ0) is 12.0. The van der Waals surface area contributed by atoms with Gasteiger partial charge >= 0.3 is 0 Å². The molecule has 0 bridgehead atoms. The van der Waals surface area contributed by atoms with E-state index in [2.05, 4.69) is 15.4 Å². The normalized spacial score (nSPS) is 13.8. The molecule has 0 radical (unpaired) electrons. The third kappa shape index (κ3) is 4.31. The van der Waals surface area contributed by atoms with E-state index in [-0.39, 0.29) is 6.04 Å². The van der Waals surface area contributed by atoms with Crippen LogP contribution in [0.3, 0.4) is 0 Å². The summed E-state index contributed by atoms with van der Waals surface area (Å²) in [6.45, 7) is 3.06. The van der Waals surface area contributed by atoms with Gasteiger partial charge in [0.2, 0.25) is 0 Å². The number of nitrogens with zero attached hydrogens (tertiary/aromatic N) is 3. The van der Waals surface area contributed by atoms with E-state index in [0.29, 0.717) is 19.1 Å². The van der Waals surface area contributed by atoms with Crippen LogP contribution in [0.1, 0.15) is 12.6 Å². The van der Waals surface area contributed by atoms with Crippen molar-refractivity contribution in [2.24, 2.45) is 17.8 Å². The predicted octanol–water partition coefficient (Wildman–Crippen LogP) is -0.141. The molecule has 1 heterocycles. The zero-order valence-corrected chi connectivity index (χ0v) is 9.97. The van der Waals surface area contributed by atoms with E-state index in [9.17, 15) is 0 Å². The molecule has 0 aliphatic rings. The van der Waals surface area contributed by atoms with Crippen molar-refractivity contribution < 1.29 is 4.74 Å². The lowest BCUT2D eigenvalue weighted by atomic mass is 10.4. The number of rotatable bonds is 5. The monoisotopic (exact) mass is 225 g/mol. The zero-order valence-electron chi connectivity index (χ0n) is 9.97. The molecule has 1 unspecified atom stereocenters. The number of nitrogens with two attached hydrogens (primary N) is 1. The van der Waals surface area contributed by atoms with Crippen molar-refractivity contribution in [1.82, 2.24) is 15.1 Å². The summed E-state index contributed by atoms with van der Waals surface area (Å²) in [6.07, 6.45) is 1.88. The summed E-state index contributed by atoms with van der Waals surface area (Å²) < 4.78 is 6.72. The predicted molar refractivity (Wildman–Crippen MR) is 63.0 cm³/mol. The van der Waals surface area contributed by atoms with Crippen LogP contribution in [0.4, 0.5) is 0 Å². The first-order valence-electron chi connectivity index (χ1n) is 5.15. The summed E-state index contributed by atoms with van der Waals surface area (Å²) in [7, 11) is 3.52. The molecule has 0 aromatic carbocycles. The maximum Gasteiger partial charge on any atom is 0.189 e. The standard InChI is InChI=1S/C10H19N5O/c1-8(7-16-3)13-10(11)12-6-9-4-5-15(2)14-9/h4-5,8H,6-7H2,1-3H3,(H3,11,12,13). The van der Waals surface area contributed by atoms with Gasteiger partial charge < -0.3 is 15.8 Å². The first-order valence-corrected chi connectivity index (χ1v) is 5.15. The van der Waals surface area contributed by atoms with Crippen molar-refractivity contribution in [3.8, 4) is 0 Å². The van der Waals surface area contributed by atoms with Gasteiger partial charge in [0.25, 0.3) is 0 Å². The van der Waals surface area contributed by atoms with Gasteiger partial charge in [-0.05, 0) is 13.0 Å². The van der Waals surface area contributed by atoms with Crippen LogP contribution in [0.25, 0.3) is 0 Å². The van der Waals surface area contributed by atoms with Crippen molar-refractivity contribution >= 4 is 5.96 Å². The minimum absolute atomic E-state index is 0.150. The molecule has 16 heavy (non-hydrogen) atoms. The number of guanidine groups is 1. The van der Waals surface area contributed by atoms with E-state index in [1.165, 1.54) is 0 Å². The number of hydrogen-bond donors (Lipinski definition) is 2. The Kier molecular flexibility index (Phi) is 4.78. The third-order valence-electron chi connectivity index (χ3n) is 1.99. The second kappa shape index (κ2) is 6.12. The molecule has 1 rings (SSSR count). The molecule has 0 amide bonds. The molecule has 0 spiro atoms. The Morgan fingerprint density at radius 2 is 2.50 bits per heavy atom. The van der Waals surface area contributed by atoms with Crippen LogP contribution in [-0.2, 0) is 18.3 Å². The molecule has 6 nitrogen and oxygen atoms in total. The first kappa shape index (κ1) is 12.5. The molecule has 0 fully saturated rings. The van der Waals surface area contributed by atoms with E-state index in [4.69, 9.17) is 10.5 Å². The molecule has 0 saturated heterocycles. The molecule has 1 atom stereocenters. The second-order valence-corrected chi connectivity index (χ2v) is 3.68. The summed E-state index contributed by atoms with van der Waals surface area (Å²) >= 11 is 0. The topological polar surface area (TPSA) is 77.5 Å². The Morgan fingerprint density at radius 1 is 1.75 bits per heavy atom. The molecule has 1 aromatic heterocycles. The van der Waals surface area contributed by atoms with E-state index in [1.807, 2.05) is 26.2 Å². The van der Waals surface area contributed by atoms with Gasteiger partial charge in [0.05, 0.1) is 18.8 Å². The summed E-state index contributed by atoms with van der Waals surface area (Å²) in [5.41, 5.74) is 6.60. The van der Waals surface area contributed by atoms with Crippen molar-refractivity contribution in [3.63, 3.8) is 0 Å². The molecule has 1 aromatic rings. The van der Waals surface area contributed by atoms with Crippen LogP contribution in [0.15, 0.2) is 17.3 Å². The van der Waals surface area contributed by atoms with Crippen molar-refractivity contribution in [2.75, 3.05) is 13.7 Å². The van der Waals surface area contributed by atoms with E-state index < -0.39 is 0 Å². The van der Waals surface area contributed by atoms with Crippen molar-refractivity contribution in [3.05, 3.63) is 18.0 Å². The quantitative estimate of drug-likeness (QED) is 0.540. The molecule has 90 valence electrons. The van der Waals surface area contributed by atoms with Crippen LogP contribution >= 0.6 is 0 Å². The fourth-order valence-electron chi connectivity index (χ4n) is 1.30. The summed E-state index contributed by atoms with van der Waals surface area (Å²) in [4.78, 5) is 4.18. The Labute approximate surface area is 95.5 Å². The van der Waals surface area contributed by atoms with Crippen LogP contribution in [0.2, 0.25) is 0 Å². The molecular formula is C10H19N5O. The molecule has 0 aliphatic carbocycles. The maximum absolute atomic E-state index is 5.71. The largest absolute Gasteiger partial charge is 0.383 e. The number of nitrogens with one attached hydrogen (secondary N) is 1. The van der Waals surface area contributed by atoms with Crippen molar-refractivity contribution in [1.29, 1.82) is 0 Å². The average Bonchev–Trinajstić information content (AvgIpc) is 2.61. The number of aliphatic imine (C=N–C) groups is 1. The lowest BCUT2D eigenvalue weighted by Crippen LogP contribution is -2.40. The van der Waals surface area contributed by atoms with Crippen LogP contribution in [-0.4, -0.2) is 35.5 Å². The minimum atomic E-state index is 0.150. The summed E-state index contributed by atoms with van der Waals surface area (Å²) in [5, 5.41) is 7.23. The van der Waals surface area contributed by atoms with Gasteiger partial charge in [-0.1, -0.05) is 0 Å². The van der Waals surface area contributed by atoms with Gasteiger partial charge in [0, 0.05) is 26.4 Å². The summed E-state index contributed by atoms with van der Waals surface area (Å²) in [6, 6.07) is 2.06. The van der Waals surface area contributed by atoms with Gasteiger partial charge in [0.1, 0.15) is 0 Å². The maximum atomic E-state index is 5.71. The molecule has 0 aliphatic heterocycles. The first-order chi connectivity index (χ1) is 7.61. The Bertz CT molecular complexity index is 347. The van der Waals surface area contributed by atoms with Crippen LogP contribution in [0.5, 0.6) is 0 Å². The van der Waals surface area contributed by atoms with Gasteiger partial charge in [-0.25, -0.2) is 4.99 Å². The Balaban J connectivity index is 2.39. The fraction of sp³-hybridized carbons (Fsp3) is 0.600. The van der Waals surface area contributed by atoms with Gasteiger partial charge in [-0.2, -0.15) is 5.10 Å². The number of ether oxygens (including phenoxy) is 1. The number of hydrogen-bond acceptors (Lipinski definition) is 3. The molecule has 6 heteroatoms. The van der Waals surface area contributed by atoms with E-state index >= 15 is 0 Å². The van der Waals surface area contributed by atoms with Crippen molar-refractivity contribution in [2.45, 2.75) is 19.5 Å². The number of aromatic nitrogens is 2.